The lowest BCUT2D eigenvalue weighted by Gasteiger charge is -2.36. The number of aliphatic hydroxyl groups is 2. The Balaban J connectivity index is 1.93. The molecular weight excluding hydrogens is 716 g/mol. The van der Waals surface area contributed by atoms with Crippen molar-refractivity contribution in [2.75, 3.05) is 14.2 Å². The Kier molecular flexibility index (Phi) is 18.4. The molecule has 0 fully saturated rings. The monoisotopic (exact) mass is 774 g/mol. The van der Waals surface area contributed by atoms with Crippen LogP contribution in [0.3, 0.4) is 0 Å². The molecule has 304 valence electrons. The molecule has 0 aromatic carbocycles. The molecule has 2 N–H and O–H groups in total. The van der Waals surface area contributed by atoms with Crippen LogP contribution in [0.5, 0.6) is 0 Å². The highest BCUT2D eigenvalue weighted by Crippen LogP contribution is 2.33. The zero-order chi connectivity index (χ0) is 41.1. The number of allylic oxidation sites excluding steroid dienone is 9. The highest BCUT2D eigenvalue weighted by molar-refractivity contribution is 5.87. The summed E-state index contributed by atoms with van der Waals surface area (Å²) in [5.74, 6) is -0.721. The van der Waals surface area contributed by atoms with Crippen molar-refractivity contribution in [2.45, 2.75) is 104 Å². The number of rotatable bonds is 8. The predicted molar refractivity (Wildman–Crippen MR) is 214 cm³/mol. The number of oxazole rings is 2. The third-order valence-electron chi connectivity index (χ3n) is 9.57. The molecule has 0 radical (unpaired) electrons. The number of carbonyl (C=O) groups excluding carboxylic acids is 2. The van der Waals surface area contributed by atoms with Crippen molar-refractivity contribution in [2.24, 2.45) is 10.8 Å². The van der Waals surface area contributed by atoms with E-state index in [0.29, 0.717) is 18.7 Å². The molecular formula is C44H58N2O10. The molecule has 0 amide bonds. The second-order valence-electron chi connectivity index (χ2n) is 14.4. The molecule has 0 spiro atoms. The first kappa shape index (κ1) is 45.5. The molecule has 1 aliphatic heterocycles. The molecule has 12 heteroatoms. The minimum atomic E-state index is -0.895. The fourth-order valence-electron chi connectivity index (χ4n) is 5.60. The minimum Gasteiger partial charge on any atom is -0.457 e. The molecule has 6 unspecified atom stereocenters. The van der Waals surface area contributed by atoms with Crippen molar-refractivity contribution in [1.82, 2.24) is 9.97 Å². The van der Waals surface area contributed by atoms with Crippen LogP contribution in [-0.2, 0) is 31.8 Å². The van der Waals surface area contributed by atoms with E-state index in [2.05, 4.69) is 9.97 Å². The number of aromatic nitrogens is 2. The lowest BCUT2D eigenvalue weighted by molar-refractivity contribution is -0.0462. The van der Waals surface area contributed by atoms with E-state index in [1.54, 1.807) is 44.6 Å². The van der Waals surface area contributed by atoms with E-state index in [-0.39, 0.29) is 30.1 Å². The number of cyclic esters (lactones) is 2. The number of nitrogens with zero attached hydrogens (tertiary/aromatic N) is 2. The third-order valence-corrected chi connectivity index (χ3v) is 9.57. The normalized spacial score (nSPS) is 26.1. The number of hydrogen-bond donors (Lipinski definition) is 2. The molecule has 2 aromatic heterocycles. The summed E-state index contributed by atoms with van der Waals surface area (Å²) in [6.45, 7) is 11.0. The molecule has 56 heavy (non-hydrogen) atoms. The van der Waals surface area contributed by atoms with Crippen LogP contribution >= 0.6 is 0 Å². The van der Waals surface area contributed by atoms with Gasteiger partial charge in [-0.3, -0.25) is 0 Å². The Bertz CT molecular complexity index is 1770. The summed E-state index contributed by atoms with van der Waals surface area (Å²) in [6, 6.07) is 0. The van der Waals surface area contributed by atoms with Crippen LogP contribution in [-0.4, -0.2) is 83.0 Å². The average molecular weight is 775 g/mol. The second kappa shape index (κ2) is 22.6. The first-order valence-corrected chi connectivity index (χ1v) is 18.7. The van der Waals surface area contributed by atoms with Gasteiger partial charge >= 0.3 is 11.9 Å². The van der Waals surface area contributed by atoms with Gasteiger partial charge in [-0.05, 0) is 13.8 Å². The van der Waals surface area contributed by atoms with Crippen LogP contribution in [0.2, 0.25) is 0 Å². The summed E-state index contributed by atoms with van der Waals surface area (Å²) >= 11 is 0. The summed E-state index contributed by atoms with van der Waals surface area (Å²) in [6.07, 6.45) is 28.4. The van der Waals surface area contributed by atoms with Gasteiger partial charge in [0, 0.05) is 44.3 Å². The van der Waals surface area contributed by atoms with Crippen LogP contribution in [0.4, 0.5) is 0 Å². The van der Waals surface area contributed by atoms with Gasteiger partial charge < -0.3 is 38.0 Å². The second-order valence-corrected chi connectivity index (χ2v) is 14.4. The van der Waals surface area contributed by atoms with Crippen LogP contribution < -0.4 is 0 Å². The molecule has 4 bridgehead atoms. The Morgan fingerprint density at radius 2 is 1.21 bits per heavy atom. The van der Waals surface area contributed by atoms with Crippen molar-refractivity contribution < 1.29 is 47.6 Å². The van der Waals surface area contributed by atoms with Crippen LogP contribution in [0.1, 0.15) is 87.1 Å². The van der Waals surface area contributed by atoms with E-state index < -0.39 is 59.4 Å². The Labute approximate surface area is 330 Å². The third kappa shape index (κ3) is 13.7. The lowest BCUT2D eigenvalue weighted by atomic mass is 9.79. The highest BCUT2D eigenvalue weighted by Gasteiger charge is 2.39. The largest absolute Gasteiger partial charge is 0.457 e. The first-order chi connectivity index (χ1) is 26.8. The Hall–Kier alpha value is -4.88. The van der Waals surface area contributed by atoms with Crippen LogP contribution in [0.25, 0.3) is 0 Å². The molecule has 0 aliphatic carbocycles. The smallest absolute Gasteiger partial charge is 0.360 e. The molecule has 2 aromatic rings. The Morgan fingerprint density at radius 3 is 1.79 bits per heavy atom. The van der Waals surface area contributed by atoms with E-state index in [0.717, 1.165) is 0 Å². The van der Waals surface area contributed by atoms with Gasteiger partial charge in [-0.1, -0.05) is 125 Å². The van der Waals surface area contributed by atoms with Gasteiger partial charge in [0.2, 0.25) is 0 Å². The Morgan fingerprint density at radius 1 is 0.696 bits per heavy atom. The summed E-state index contributed by atoms with van der Waals surface area (Å²) < 4.78 is 34.2. The molecule has 12 nitrogen and oxygen atoms in total. The average Bonchev–Trinajstić information content (AvgIpc) is 3.85. The number of fused-ring (bicyclic) bond motifs is 4. The van der Waals surface area contributed by atoms with E-state index in [1.165, 1.54) is 12.5 Å². The number of methoxy groups -OCH3 is 2. The number of carbonyl (C=O) groups is 2. The van der Waals surface area contributed by atoms with Crippen molar-refractivity contribution in [3.8, 4) is 0 Å². The predicted octanol–water partition coefficient (Wildman–Crippen LogP) is 7.59. The van der Waals surface area contributed by atoms with Crippen LogP contribution in [0, 0.1) is 10.8 Å². The number of aliphatic hydroxyl groups excluding tert-OH is 2. The van der Waals surface area contributed by atoms with Crippen molar-refractivity contribution >= 4 is 11.9 Å². The van der Waals surface area contributed by atoms with Crippen molar-refractivity contribution in [3.63, 3.8) is 0 Å². The highest BCUT2D eigenvalue weighted by atomic mass is 16.6. The molecule has 0 saturated carbocycles. The summed E-state index contributed by atoms with van der Waals surface area (Å²) in [5.41, 5.74) is -1.66. The fourth-order valence-corrected chi connectivity index (χ4v) is 5.60. The van der Waals surface area contributed by atoms with Gasteiger partial charge in [-0.2, -0.15) is 0 Å². The maximum absolute atomic E-state index is 13.4. The van der Waals surface area contributed by atoms with Gasteiger partial charge in [0.1, 0.15) is 24.7 Å². The number of esters is 2. The standard InChI is InChI=1S/C44H58N2O10/c1-9-20-35(47)43(3,4)37-25-17-13-11-12-15-23-32(52-8)28-40-46-34(30-54-40)42(50)56-38(44(5,6)36(48)21-10-2)26-19-24-31(51-7)22-16-14-18-27-39-45-33(29-53-39)41(49)55-37/h9-24,29-32,35-38,47-48H,25-28H2,1-8H3/b12-11-,17-13-,18-14+,20-9+,21-10+,22-16+,23-15+,24-19-. The number of ether oxygens (including phenoxy) is 4. The van der Waals surface area contributed by atoms with E-state index in [9.17, 15) is 19.8 Å². The zero-order valence-electron chi connectivity index (χ0n) is 33.7. The summed E-state index contributed by atoms with van der Waals surface area (Å²) in [7, 11) is 3.14. The van der Waals surface area contributed by atoms with E-state index in [1.807, 2.05) is 108 Å². The van der Waals surface area contributed by atoms with Gasteiger partial charge in [0.25, 0.3) is 0 Å². The molecule has 3 rings (SSSR count). The molecule has 0 saturated heterocycles. The molecule has 1 aliphatic rings. The van der Waals surface area contributed by atoms with Crippen molar-refractivity contribution in [3.05, 3.63) is 133 Å². The van der Waals surface area contributed by atoms with Crippen molar-refractivity contribution in [1.29, 1.82) is 0 Å². The lowest BCUT2D eigenvalue weighted by Crippen LogP contribution is -2.42. The summed E-state index contributed by atoms with van der Waals surface area (Å²) in [4.78, 5) is 35.3. The van der Waals surface area contributed by atoms with E-state index in [4.69, 9.17) is 27.8 Å². The van der Waals surface area contributed by atoms with Gasteiger partial charge in [0.05, 0.1) is 30.8 Å². The maximum Gasteiger partial charge on any atom is 0.360 e. The molecule has 6 atom stereocenters. The van der Waals surface area contributed by atoms with Gasteiger partial charge in [-0.25, -0.2) is 19.6 Å². The maximum atomic E-state index is 13.4. The zero-order valence-corrected chi connectivity index (χ0v) is 33.7. The minimum absolute atomic E-state index is 0.00434. The molecule has 3 heterocycles. The SMILES string of the molecule is C/C=C/C(O)C(C)(C)C1C\C=C/C=C\C=C\C(OC)Cc2nc(co2)C(=O)OC(C(C)(C)C(O)/C=C/C)C/C=C\C(OC)/C=C/C=C/Cc2nc(co2)C(=O)O1. The number of hydrogen-bond acceptors (Lipinski definition) is 12. The fraction of sp³-hybridized carbons (Fsp3) is 0.455. The van der Waals surface area contributed by atoms with Gasteiger partial charge in [-0.15, -0.1) is 0 Å². The quantitative estimate of drug-likeness (QED) is 0.200. The van der Waals surface area contributed by atoms with Crippen LogP contribution in [0.15, 0.2) is 119 Å². The summed E-state index contributed by atoms with van der Waals surface area (Å²) in [5, 5.41) is 21.8. The first-order valence-electron chi connectivity index (χ1n) is 18.7. The topological polar surface area (TPSA) is 164 Å². The van der Waals surface area contributed by atoms with E-state index >= 15 is 0 Å². The van der Waals surface area contributed by atoms with Gasteiger partial charge in [0.15, 0.2) is 23.2 Å².